The SMILES string of the molecule is COc1ccc(N2CCC(N(C)Cc3nnc(C(C)C)o3)CC2)cc1. The summed E-state index contributed by atoms with van der Waals surface area (Å²) in [7, 11) is 3.84. The molecular formula is C19H28N4O2. The van der Waals surface area contributed by atoms with Crippen molar-refractivity contribution in [2.45, 2.75) is 45.2 Å². The number of piperidine rings is 1. The molecule has 6 nitrogen and oxygen atoms in total. The van der Waals surface area contributed by atoms with Crippen molar-refractivity contribution in [3.63, 3.8) is 0 Å². The van der Waals surface area contributed by atoms with Crippen LogP contribution in [0.25, 0.3) is 0 Å². The van der Waals surface area contributed by atoms with Gasteiger partial charge in [0.2, 0.25) is 11.8 Å². The van der Waals surface area contributed by atoms with Crippen LogP contribution in [-0.4, -0.2) is 48.4 Å². The molecule has 1 aliphatic heterocycles. The highest BCUT2D eigenvalue weighted by Gasteiger charge is 2.24. The summed E-state index contributed by atoms with van der Waals surface area (Å²) in [5.41, 5.74) is 1.26. The Balaban J connectivity index is 1.52. The number of nitrogens with zero attached hydrogens (tertiary/aromatic N) is 4. The Morgan fingerprint density at radius 3 is 2.44 bits per heavy atom. The second kappa shape index (κ2) is 7.87. The first kappa shape index (κ1) is 17.7. The van der Waals surface area contributed by atoms with Crippen molar-refractivity contribution in [1.29, 1.82) is 0 Å². The lowest BCUT2D eigenvalue weighted by Gasteiger charge is -2.37. The third-order valence-corrected chi connectivity index (χ3v) is 4.89. The summed E-state index contributed by atoms with van der Waals surface area (Å²) in [6, 6.07) is 8.86. The van der Waals surface area contributed by atoms with E-state index in [1.54, 1.807) is 7.11 Å². The Kier molecular flexibility index (Phi) is 5.58. The molecule has 0 amide bonds. The summed E-state index contributed by atoms with van der Waals surface area (Å²) in [5.74, 6) is 2.61. The van der Waals surface area contributed by atoms with Crippen LogP contribution >= 0.6 is 0 Å². The van der Waals surface area contributed by atoms with Crippen LogP contribution in [0.5, 0.6) is 5.75 Å². The number of ether oxygens (including phenoxy) is 1. The van der Waals surface area contributed by atoms with E-state index in [0.717, 1.165) is 37.6 Å². The summed E-state index contributed by atoms with van der Waals surface area (Å²) >= 11 is 0. The van der Waals surface area contributed by atoms with Crippen molar-refractivity contribution in [3.8, 4) is 5.75 Å². The highest BCUT2D eigenvalue weighted by Crippen LogP contribution is 2.25. The van der Waals surface area contributed by atoms with E-state index in [2.05, 4.69) is 53.0 Å². The van der Waals surface area contributed by atoms with Gasteiger partial charge in [-0.05, 0) is 44.2 Å². The molecule has 0 spiro atoms. The van der Waals surface area contributed by atoms with Gasteiger partial charge in [0.25, 0.3) is 0 Å². The molecule has 0 unspecified atom stereocenters. The van der Waals surface area contributed by atoms with E-state index in [1.807, 2.05) is 12.1 Å². The second-order valence-electron chi connectivity index (χ2n) is 7.02. The number of hydrogen-bond acceptors (Lipinski definition) is 6. The summed E-state index contributed by atoms with van der Waals surface area (Å²) in [6.07, 6.45) is 2.27. The molecular weight excluding hydrogens is 316 g/mol. The Morgan fingerprint density at radius 1 is 1.20 bits per heavy atom. The van der Waals surface area contributed by atoms with Crippen molar-refractivity contribution in [3.05, 3.63) is 36.0 Å². The summed E-state index contributed by atoms with van der Waals surface area (Å²) in [4.78, 5) is 4.77. The minimum atomic E-state index is 0.277. The van der Waals surface area contributed by atoms with Crippen molar-refractivity contribution in [2.75, 3.05) is 32.1 Å². The van der Waals surface area contributed by atoms with Gasteiger partial charge in [-0.2, -0.15) is 0 Å². The fourth-order valence-corrected chi connectivity index (χ4v) is 3.26. The van der Waals surface area contributed by atoms with Gasteiger partial charge in [-0.25, -0.2) is 0 Å². The number of rotatable bonds is 6. The van der Waals surface area contributed by atoms with Gasteiger partial charge in [0.05, 0.1) is 13.7 Å². The van der Waals surface area contributed by atoms with E-state index in [4.69, 9.17) is 9.15 Å². The zero-order chi connectivity index (χ0) is 17.8. The topological polar surface area (TPSA) is 54.6 Å². The number of aromatic nitrogens is 2. The van der Waals surface area contributed by atoms with Crippen molar-refractivity contribution in [2.24, 2.45) is 0 Å². The molecule has 0 aliphatic carbocycles. The lowest BCUT2D eigenvalue weighted by Crippen LogP contribution is -2.43. The number of hydrogen-bond donors (Lipinski definition) is 0. The first-order chi connectivity index (χ1) is 12.1. The minimum Gasteiger partial charge on any atom is -0.497 e. The van der Waals surface area contributed by atoms with E-state index < -0.39 is 0 Å². The van der Waals surface area contributed by atoms with E-state index in [-0.39, 0.29) is 5.92 Å². The molecule has 1 saturated heterocycles. The lowest BCUT2D eigenvalue weighted by atomic mass is 10.0. The maximum Gasteiger partial charge on any atom is 0.230 e. The van der Waals surface area contributed by atoms with Crippen molar-refractivity contribution >= 4 is 5.69 Å². The molecule has 1 aliphatic rings. The Bertz CT molecular complexity index is 660. The molecule has 25 heavy (non-hydrogen) atoms. The number of anilines is 1. The van der Waals surface area contributed by atoms with Crippen molar-refractivity contribution < 1.29 is 9.15 Å². The standard InChI is InChI=1S/C19H28N4O2/c1-14(2)19-21-20-18(25-19)13-22(3)15-9-11-23(12-10-15)16-5-7-17(24-4)8-6-16/h5-8,14-15H,9-13H2,1-4H3. The maximum atomic E-state index is 5.73. The molecule has 1 aromatic carbocycles. The Labute approximate surface area is 149 Å². The predicted molar refractivity (Wildman–Crippen MR) is 98.1 cm³/mol. The quantitative estimate of drug-likeness (QED) is 0.801. The van der Waals surface area contributed by atoms with Gasteiger partial charge < -0.3 is 14.1 Å². The third kappa shape index (κ3) is 4.31. The van der Waals surface area contributed by atoms with Crippen LogP contribution < -0.4 is 9.64 Å². The molecule has 3 rings (SSSR count). The smallest absolute Gasteiger partial charge is 0.230 e. The normalized spacial score (nSPS) is 16.0. The average Bonchev–Trinajstić information content (AvgIpc) is 3.11. The molecule has 0 radical (unpaired) electrons. The van der Waals surface area contributed by atoms with Crippen LogP contribution in [0, 0.1) is 0 Å². The summed E-state index contributed by atoms with van der Waals surface area (Å²) < 4.78 is 11.0. The zero-order valence-corrected chi connectivity index (χ0v) is 15.6. The fourth-order valence-electron chi connectivity index (χ4n) is 3.26. The van der Waals surface area contributed by atoms with E-state index >= 15 is 0 Å². The second-order valence-corrected chi connectivity index (χ2v) is 7.02. The van der Waals surface area contributed by atoms with Gasteiger partial charge in [-0.1, -0.05) is 13.8 Å². The third-order valence-electron chi connectivity index (χ3n) is 4.89. The van der Waals surface area contributed by atoms with Gasteiger partial charge in [0.1, 0.15) is 5.75 Å². The largest absolute Gasteiger partial charge is 0.497 e. The van der Waals surface area contributed by atoms with E-state index in [9.17, 15) is 0 Å². The van der Waals surface area contributed by atoms with Gasteiger partial charge in [-0.15, -0.1) is 10.2 Å². The fraction of sp³-hybridized carbons (Fsp3) is 0.579. The molecule has 2 aromatic rings. The maximum absolute atomic E-state index is 5.73. The molecule has 0 atom stereocenters. The molecule has 0 saturated carbocycles. The predicted octanol–water partition coefficient (Wildman–Crippen LogP) is 3.30. The van der Waals surface area contributed by atoms with Gasteiger partial charge in [-0.3, -0.25) is 4.90 Å². The van der Waals surface area contributed by atoms with Crippen molar-refractivity contribution in [1.82, 2.24) is 15.1 Å². The molecule has 0 bridgehead atoms. The average molecular weight is 344 g/mol. The Morgan fingerprint density at radius 2 is 1.88 bits per heavy atom. The molecule has 1 aromatic heterocycles. The van der Waals surface area contributed by atoms with Crippen LogP contribution in [-0.2, 0) is 6.54 Å². The van der Waals surface area contributed by atoms with Gasteiger partial charge >= 0.3 is 0 Å². The molecule has 2 heterocycles. The number of methoxy groups -OCH3 is 1. The lowest BCUT2D eigenvalue weighted by molar-refractivity contribution is 0.182. The monoisotopic (exact) mass is 344 g/mol. The summed E-state index contributed by atoms with van der Waals surface area (Å²) in [6.45, 7) is 6.96. The number of benzene rings is 1. The molecule has 1 fully saturated rings. The zero-order valence-electron chi connectivity index (χ0n) is 15.6. The minimum absolute atomic E-state index is 0.277. The van der Waals surface area contributed by atoms with E-state index in [1.165, 1.54) is 5.69 Å². The van der Waals surface area contributed by atoms with Crippen LogP contribution in [0.1, 0.15) is 44.4 Å². The first-order valence-corrected chi connectivity index (χ1v) is 8.98. The molecule has 6 heteroatoms. The molecule has 136 valence electrons. The van der Waals surface area contributed by atoms with E-state index in [0.29, 0.717) is 18.5 Å². The molecule has 0 N–H and O–H groups in total. The van der Waals surface area contributed by atoms with Crippen LogP contribution in [0.4, 0.5) is 5.69 Å². The van der Waals surface area contributed by atoms with Crippen LogP contribution in [0.2, 0.25) is 0 Å². The highest BCUT2D eigenvalue weighted by atomic mass is 16.5. The van der Waals surface area contributed by atoms with Gasteiger partial charge in [0.15, 0.2) is 0 Å². The van der Waals surface area contributed by atoms with Crippen LogP contribution in [0.15, 0.2) is 28.7 Å². The van der Waals surface area contributed by atoms with Crippen LogP contribution in [0.3, 0.4) is 0 Å². The van der Waals surface area contributed by atoms with Gasteiger partial charge in [0, 0.05) is 30.7 Å². The summed E-state index contributed by atoms with van der Waals surface area (Å²) in [5, 5.41) is 8.29. The Hall–Kier alpha value is -2.08. The first-order valence-electron chi connectivity index (χ1n) is 8.98. The highest BCUT2D eigenvalue weighted by molar-refractivity contribution is 5.49.